The summed E-state index contributed by atoms with van der Waals surface area (Å²) < 4.78 is 13.5. The van der Waals surface area contributed by atoms with Crippen LogP contribution in [0.3, 0.4) is 0 Å². The topological polar surface area (TPSA) is 43.9 Å². The monoisotopic (exact) mass is 521 g/mol. The first-order chi connectivity index (χ1) is 17.9. The third kappa shape index (κ3) is 7.49. The van der Waals surface area contributed by atoms with Gasteiger partial charge in [0.1, 0.15) is 12.4 Å². The maximum Gasteiger partial charge on any atom is 0.254 e. The SMILES string of the molecule is CCc1ccc(C(=O)N(CCN2CCCC2)CC(=O)N(Cc2ccc(F)cc2)Cc2sccc2C)cc1. The van der Waals surface area contributed by atoms with E-state index < -0.39 is 0 Å². The van der Waals surface area contributed by atoms with Crippen LogP contribution in [-0.2, 0) is 24.3 Å². The smallest absolute Gasteiger partial charge is 0.254 e. The van der Waals surface area contributed by atoms with Gasteiger partial charge in [-0.2, -0.15) is 0 Å². The molecule has 196 valence electrons. The molecule has 0 saturated carbocycles. The number of hydrogen-bond donors (Lipinski definition) is 0. The van der Waals surface area contributed by atoms with Crippen LogP contribution in [0.5, 0.6) is 0 Å². The molecule has 2 heterocycles. The number of rotatable bonds is 11. The fourth-order valence-electron chi connectivity index (χ4n) is 4.63. The van der Waals surface area contributed by atoms with Gasteiger partial charge in [-0.15, -0.1) is 11.3 Å². The Labute approximate surface area is 223 Å². The zero-order valence-electron chi connectivity index (χ0n) is 21.8. The van der Waals surface area contributed by atoms with E-state index in [2.05, 4.69) is 11.8 Å². The lowest BCUT2D eigenvalue weighted by Crippen LogP contribution is -2.45. The highest BCUT2D eigenvalue weighted by Crippen LogP contribution is 2.20. The number of thiophene rings is 1. The van der Waals surface area contributed by atoms with Crippen LogP contribution in [0.1, 0.15) is 51.7 Å². The molecule has 1 saturated heterocycles. The van der Waals surface area contributed by atoms with Gasteiger partial charge in [-0.3, -0.25) is 9.59 Å². The Kier molecular flexibility index (Phi) is 9.47. The van der Waals surface area contributed by atoms with Crippen molar-refractivity contribution in [1.29, 1.82) is 0 Å². The largest absolute Gasteiger partial charge is 0.332 e. The number of halogens is 1. The van der Waals surface area contributed by atoms with Crippen molar-refractivity contribution in [3.63, 3.8) is 0 Å². The summed E-state index contributed by atoms with van der Waals surface area (Å²) in [6.45, 7) is 8.28. The van der Waals surface area contributed by atoms with Gasteiger partial charge < -0.3 is 14.7 Å². The van der Waals surface area contributed by atoms with Crippen molar-refractivity contribution in [2.45, 2.75) is 46.2 Å². The molecule has 1 aliphatic heterocycles. The second-order valence-corrected chi connectivity index (χ2v) is 10.7. The maximum atomic E-state index is 13.7. The lowest BCUT2D eigenvalue weighted by atomic mass is 10.1. The minimum atomic E-state index is -0.302. The summed E-state index contributed by atoms with van der Waals surface area (Å²) >= 11 is 1.62. The molecule has 37 heavy (non-hydrogen) atoms. The zero-order chi connectivity index (χ0) is 26.2. The van der Waals surface area contributed by atoms with E-state index in [0.29, 0.717) is 25.2 Å². The predicted molar refractivity (Wildman–Crippen MR) is 147 cm³/mol. The van der Waals surface area contributed by atoms with Crippen LogP contribution in [-0.4, -0.2) is 59.2 Å². The van der Waals surface area contributed by atoms with Crippen LogP contribution in [0.2, 0.25) is 0 Å². The summed E-state index contributed by atoms with van der Waals surface area (Å²) in [4.78, 5) is 34.3. The van der Waals surface area contributed by atoms with Gasteiger partial charge in [0, 0.05) is 30.1 Å². The molecule has 2 aromatic carbocycles. The van der Waals surface area contributed by atoms with E-state index in [0.717, 1.165) is 42.1 Å². The van der Waals surface area contributed by atoms with Gasteiger partial charge >= 0.3 is 0 Å². The van der Waals surface area contributed by atoms with Gasteiger partial charge in [-0.1, -0.05) is 31.2 Å². The van der Waals surface area contributed by atoms with Crippen molar-refractivity contribution >= 4 is 23.2 Å². The van der Waals surface area contributed by atoms with Crippen molar-refractivity contribution in [1.82, 2.24) is 14.7 Å². The molecule has 5 nitrogen and oxygen atoms in total. The predicted octanol–water partition coefficient (Wildman–Crippen LogP) is 5.53. The first-order valence-electron chi connectivity index (χ1n) is 13.1. The molecule has 0 bridgehead atoms. The van der Waals surface area contributed by atoms with E-state index in [4.69, 9.17) is 0 Å². The molecule has 0 aliphatic carbocycles. The highest BCUT2D eigenvalue weighted by molar-refractivity contribution is 7.10. The number of hydrogen-bond acceptors (Lipinski definition) is 4. The average Bonchev–Trinajstić information content (AvgIpc) is 3.58. The van der Waals surface area contributed by atoms with Crippen molar-refractivity contribution < 1.29 is 14.0 Å². The number of nitrogens with zero attached hydrogens (tertiary/aromatic N) is 3. The third-order valence-corrected chi connectivity index (χ3v) is 8.06. The molecule has 1 aromatic heterocycles. The van der Waals surface area contributed by atoms with Crippen molar-refractivity contribution in [2.24, 2.45) is 0 Å². The van der Waals surface area contributed by atoms with Gasteiger partial charge in [0.2, 0.25) is 5.91 Å². The first kappa shape index (κ1) is 27.0. The molecule has 0 N–H and O–H groups in total. The number of aryl methyl sites for hydroxylation is 2. The molecule has 4 rings (SSSR count). The molecule has 3 aromatic rings. The van der Waals surface area contributed by atoms with Crippen LogP contribution in [0, 0.1) is 12.7 Å². The van der Waals surface area contributed by atoms with E-state index in [-0.39, 0.29) is 24.2 Å². The van der Waals surface area contributed by atoms with Crippen molar-refractivity contribution in [3.8, 4) is 0 Å². The van der Waals surface area contributed by atoms with E-state index >= 15 is 0 Å². The summed E-state index contributed by atoms with van der Waals surface area (Å²) in [5.74, 6) is -0.537. The van der Waals surface area contributed by atoms with Gasteiger partial charge in [-0.25, -0.2) is 4.39 Å². The molecule has 0 spiro atoms. The molecule has 1 aliphatic rings. The number of amides is 2. The Morgan fingerprint density at radius 3 is 2.22 bits per heavy atom. The summed E-state index contributed by atoms with van der Waals surface area (Å²) in [5.41, 5.74) is 3.77. The minimum Gasteiger partial charge on any atom is -0.332 e. The van der Waals surface area contributed by atoms with Crippen LogP contribution in [0.4, 0.5) is 4.39 Å². The molecule has 0 radical (unpaired) electrons. The fourth-order valence-corrected chi connectivity index (χ4v) is 5.55. The van der Waals surface area contributed by atoms with E-state index in [9.17, 15) is 14.0 Å². The van der Waals surface area contributed by atoms with E-state index in [1.165, 1.54) is 30.5 Å². The van der Waals surface area contributed by atoms with Gasteiger partial charge in [0.15, 0.2) is 0 Å². The van der Waals surface area contributed by atoms with Crippen LogP contribution in [0.15, 0.2) is 60.0 Å². The summed E-state index contributed by atoms with van der Waals surface area (Å²) in [6.07, 6.45) is 3.26. The van der Waals surface area contributed by atoms with Crippen molar-refractivity contribution in [2.75, 3.05) is 32.7 Å². The third-order valence-electron chi connectivity index (χ3n) is 7.05. The minimum absolute atomic E-state index is 0.00776. The number of carbonyl (C=O) groups excluding carboxylic acids is 2. The van der Waals surface area contributed by atoms with E-state index in [1.807, 2.05) is 42.6 Å². The lowest BCUT2D eigenvalue weighted by molar-refractivity contribution is -0.133. The number of carbonyl (C=O) groups is 2. The first-order valence-corrected chi connectivity index (χ1v) is 14.0. The second kappa shape index (κ2) is 13.0. The number of likely N-dealkylation sites (tertiary alicyclic amines) is 1. The van der Waals surface area contributed by atoms with E-state index in [1.54, 1.807) is 33.3 Å². The summed E-state index contributed by atoms with van der Waals surface area (Å²) in [5, 5.41) is 2.02. The quantitative estimate of drug-likeness (QED) is 0.334. The molecule has 1 fully saturated rings. The molecule has 7 heteroatoms. The molecule has 0 unspecified atom stereocenters. The van der Waals surface area contributed by atoms with Crippen LogP contribution >= 0.6 is 11.3 Å². The molecule has 2 amide bonds. The van der Waals surface area contributed by atoms with Crippen molar-refractivity contribution in [3.05, 3.63) is 92.9 Å². The second-order valence-electron chi connectivity index (χ2n) is 9.73. The molecular formula is C30H36FN3O2S. The highest BCUT2D eigenvalue weighted by Gasteiger charge is 2.24. The van der Waals surface area contributed by atoms with Gasteiger partial charge in [0.25, 0.3) is 5.91 Å². The standard InChI is InChI=1S/C30H36FN3O2S/c1-3-24-6-10-26(11-7-24)30(36)33(18-17-32-15-4-5-16-32)22-29(35)34(21-28-23(2)14-19-37-28)20-25-8-12-27(31)13-9-25/h6-14,19H,3-5,15-18,20-22H2,1-2H3. The highest BCUT2D eigenvalue weighted by atomic mass is 32.1. The Hall–Kier alpha value is -3.03. The summed E-state index contributed by atoms with van der Waals surface area (Å²) in [6, 6.07) is 16.0. The Balaban J connectivity index is 1.54. The average molecular weight is 522 g/mol. The normalized spacial score (nSPS) is 13.6. The molecular weight excluding hydrogens is 485 g/mol. The zero-order valence-corrected chi connectivity index (χ0v) is 22.6. The Morgan fingerprint density at radius 1 is 0.919 bits per heavy atom. The Bertz CT molecular complexity index is 1170. The summed E-state index contributed by atoms with van der Waals surface area (Å²) in [7, 11) is 0. The maximum absolute atomic E-state index is 13.7. The van der Waals surface area contributed by atoms with Gasteiger partial charge in [0.05, 0.1) is 6.54 Å². The van der Waals surface area contributed by atoms with Gasteiger partial charge in [-0.05, 0) is 91.7 Å². The Morgan fingerprint density at radius 2 is 1.59 bits per heavy atom. The molecule has 0 atom stereocenters. The fraction of sp³-hybridized carbons (Fsp3) is 0.400. The van der Waals surface area contributed by atoms with Crippen LogP contribution < -0.4 is 0 Å². The van der Waals surface area contributed by atoms with Crippen LogP contribution in [0.25, 0.3) is 0 Å². The lowest BCUT2D eigenvalue weighted by Gasteiger charge is -2.29. The number of benzene rings is 2.